The molecule has 0 unspecified atom stereocenters. The van der Waals surface area contributed by atoms with Crippen molar-refractivity contribution in [3.63, 3.8) is 0 Å². The number of aromatic nitrogens is 2. The predicted octanol–water partition coefficient (Wildman–Crippen LogP) is 1.07. The number of nitrogens with one attached hydrogen (secondary N) is 1. The number of Topliss-reactive ketones (excluding diaryl/α,β-unsaturated/α-hetero) is 1. The summed E-state index contributed by atoms with van der Waals surface area (Å²) in [6.45, 7) is 3.14. The average Bonchev–Trinajstić information content (AvgIpc) is 2.62. The normalized spacial score (nSPS) is 14.5. The van der Waals surface area contributed by atoms with Crippen LogP contribution in [0.4, 0.5) is 10.1 Å². The third-order valence-corrected chi connectivity index (χ3v) is 4.16. The lowest BCUT2D eigenvalue weighted by Crippen LogP contribution is -2.49. The maximum absolute atomic E-state index is 14.2. The highest BCUT2D eigenvalue weighted by molar-refractivity contribution is 5.94. The van der Waals surface area contributed by atoms with Crippen molar-refractivity contribution in [1.29, 1.82) is 0 Å². The zero-order valence-corrected chi connectivity index (χ0v) is 13.7. The Kier molecular flexibility index (Phi) is 4.60. The summed E-state index contributed by atoms with van der Waals surface area (Å²) in [5.74, 6) is -0.910. The van der Waals surface area contributed by atoms with Crippen molar-refractivity contribution in [2.45, 2.75) is 6.92 Å². The van der Waals surface area contributed by atoms with E-state index >= 15 is 0 Å². The second-order valence-electron chi connectivity index (χ2n) is 5.81. The van der Waals surface area contributed by atoms with Gasteiger partial charge in [-0.25, -0.2) is 9.49 Å². The van der Waals surface area contributed by atoms with E-state index in [0.29, 0.717) is 37.4 Å². The number of piperazine rings is 1. The molecule has 0 radical (unpaired) electrons. The summed E-state index contributed by atoms with van der Waals surface area (Å²) in [6.07, 6.45) is 0. The third kappa shape index (κ3) is 3.57. The Labute approximate surface area is 143 Å². The summed E-state index contributed by atoms with van der Waals surface area (Å²) >= 11 is 0. The van der Waals surface area contributed by atoms with E-state index in [9.17, 15) is 18.8 Å². The number of nitrogens with zero attached hydrogens (tertiary/aromatic N) is 3. The van der Waals surface area contributed by atoms with Gasteiger partial charge in [0.1, 0.15) is 11.5 Å². The van der Waals surface area contributed by atoms with Gasteiger partial charge in [-0.2, -0.15) is 5.10 Å². The van der Waals surface area contributed by atoms with Gasteiger partial charge in [-0.3, -0.25) is 14.4 Å². The molecule has 1 aromatic carbocycles. The SMILES string of the molecule is CC(=O)c1ccc(N2CCN(C(=O)c3ccc(=O)[nH]n3)CC2)c(F)c1. The molecule has 0 aliphatic carbocycles. The van der Waals surface area contributed by atoms with Crippen LogP contribution in [0.25, 0.3) is 0 Å². The molecule has 1 fully saturated rings. The number of benzene rings is 1. The molecule has 1 N–H and O–H groups in total. The number of aromatic amines is 1. The summed E-state index contributed by atoms with van der Waals surface area (Å²) in [6, 6.07) is 7.06. The molecule has 1 aliphatic rings. The predicted molar refractivity (Wildman–Crippen MR) is 89.4 cm³/mol. The Morgan fingerprint density at radius 1 is 1.12 bits per heavy atom. The standard InChI is InChI=1S/C17H17FN4O3/c1-11(23)12-2-4-15(13(18)10-12)21-6-8-22(9-7-21)17(25)14-3-5-16(24)20-19-14/h2-5,10H,6-9H2,1H3,(H,20,24). The quantitative estimate of drug-likeness (QED) is 0.842. The first-order valence-electron chi connectivity index (χ1n) is 7.86. The highest BCUT2D eigenvalue weighted by atomic mass is 19.1. The van der Waals surface area contributed by atoms with Gasteiger partial charge in [-0.1, -0.05) is 0 Å². The number of rotatable bonds is 3. The van der Waals surface area contributed by atoms with Gasteiger partial charge in [0.05, 0.1) is 5.69 Å². The number of carbonyl (C=O) groups excluding carboxylic acids is 2. The number of hydrogen-bond acceptors (Lipinski definition) is 5. The maximum atomic E-state index is 14.2. The van der Waals surface area contributed by atoms with Crippen LogP contribution in [0.5, 0.6) is 0 Å². The van der Waals surface area contributed by atoms with E-state index < -0.39 is 5.82 Å². The molecule has 2 heterocycles. The molecule has 2 aromatic rings. The molecule has 8 heteroatoms. The van der Waals surface area contributed by atoms with Gasteiger partial charge in [0, 0.05) is 37.8 Å². The zero-order valence-electron chi connectivity index (χ0n) is 13.7. The van der Waals surface area contributed by atoms with Gasteiger partial charge >= 0.3 is 0 Å². The van der Waals surface area contributed by atoms with Crippen LogP contribution in [0.1, 0.15) is 27.8 Å². The number of H-pyrrole nitrogens is 1. The van der Waals surface area contributed by atoms with Crippen molar-refractivity contribution in [2.24, 2.45) is 0 Å². The molecule has 0 bridgehead atoms. The highest BCUT2D eigenvalue weighted by Gasteiger charge is 2.24. The molecular formula is C17H17FN4O3. The summed E-state index contributed by atoms with van der Waals surface area (Å²) in [5, 5.41) is 5.97. The van der Waals surface area contributed by atoms with Crippen LogP contribution in [-0.2, 0) is 0 Å². The molecule has 0 spiro atoms. The minimum atomic E-state index is -0.449. The molecule has 1 aromatic heterocycles. The first kappa shape index (κ1) is 16.8. The molecule has 1 amide bonds. The number of halogens is 1. The van der Waals surface area contributed by atoms with Gasteiger partial charge in [-0.15, -0.1) is 0 Å². The minimum Gasteiger partial charge on any atom is -0.366 e. The Morgan fingerprint density at radius 3 is 2.40 bits per heavy atom. The lowest BCUT2D eigenvalue weighted by atomic mass is 10.1. The van der Waals surface area contributed by atoms with Crippen LogP contribution >= 0.6 is 0 Å². The lowest BCUT2D eigenvalue weighted by Gasteiger charge is -2.36. The Morgan fingerprint density at radius 2 is 1.84 bits per heavy atom. The molecule has 0 atom stereocenters. The fourth-order valence-electron chi connectivity index (χ4n) is 2.76. The first-order chi connectivity index (χ1) is 12.0. The second-order valence-corrected chi connectivity index (χ2v) is 5.81. The smallest absolute Gasteiger partial charge is 0.274 e. The van der Waals surface area contributed by atoms with Gasteiger partial charge in [-0.05, 0) is 31.2 Å². The van der Waals surface area contributed by atoms with Crippen molar-refractivity contribution in [3.8, 4) is 0 Å². The molecule has 0 saturated carbocycles. The van der Waals surface area contributed by atoms with Crippen molar-refractivity contribution in [1.82, 2.24) is 15.1 Å². The Balaban J connectivity index is 1.67. The van der Waals surface area contributed by atoms with E-state index in [1.807, 2.05) is 4.90 Å². The Hall–Kier alpha value is -3.03. The zero-order chi connectivity index (χ0) is 18.0. The molecule has 1 saturated heterocycles. The number of carbonyl (C=O) groups is 2. The second kappa shape index (κ2) is 6.84. The van der Waals surface area contributed by atoms with Crippen molar-refractivity contribution < 1.29 is 14.0 Å². The van der Waals surface area contributed by atoms with Crippen LogP contribution in [0.15, 0.2) is 35.1 Å². The van der Waals surface area contributed by atoms with E-state index in [2.05, 4.69) is 10.2 Å². The largest absolute Gasteiger partial charge is 0.366 e. The summed E-state index contributed by atoms with van der Waals surface area (Å²) in [4.78, 5) is 38.1. The van der Waals surface area contributed by atoms with E-state index in [1.165, 1.54) is 25.1 Å². The van der Waals surface area contributed by atoms with E-state index in [0.717, 1.165) is 0 Å². The molecule has 1 aliphatic heterocycles. The summed E-state index contributed by atoms with van der Waals surface area (Å²) < 4.78 is 14.2. The third-order valence-electron chi connectivity index (χ3n) is 4.16. The molecule has 25 heavy (non-hydrogen) atoms. The van der Waals surface area contributed by atoms with Crippen molar-refractivity contribution in [2.75, 3.05) is 31.1 Å². The van der Waals surface area contributed by atoms with Gasteiger partial charge < -0.3 is 9.80 Å². The Bertz CT molecular complexity index is 852. The number of anilines is 1. The van der Waals surface area contributed by atoms with E-state index in [4.69, 9.17) is 0 Å². The highest BCUT2D eigenvalue weighted by Crippen LogP contribution is 2.22. The van der Waals surface area contributed by atoms with Crippen LogP contribution in [0.3, 0.4) is 0 Å². The van der Waals surface area contributed by atoms with Crippen LogP contribution in [0, 0.1) is 5.82 Å². The minimum absolute atomic E-state index is 0.171. The number of hydrogen-bond donors (Lipinski definition) is 1. The lowest BCUT2D eigenvalue weighted by molar-refractivity contribution is 0.0739. The first-order valence-corrected chi connectivity index (χ1v) is 7.86. The van der Waals surface area contributed by atoms with E-state index in [-0.39, 0.29) is 22.9 Å². The van der Waals surface area contributed by atoms with Crippen LogP contribution < -0.4 is 10.5 Å². The summed E-state index contributed by atoms with van der Waals surface area (Å²) in [7, 11) is 0. The fourth-order valence-corrected chi connectivity index (χ4v) is 2.76. The average molecular weight is 344 g/mol. The van der Waals surface area contributed by atoms with Gasteiger partial charge in [0.25, 0.3) is 11.5 Å². The fraction of sp³-hybridized carbons (Fsp3) is 0.294. The van der Waals surface area contributed by atoms with E-state index in [1.54, 1.807) is 17.0 Å². The molecule has 7 nitrogen and oxygen atoms in total. The molecule has 3 rings (SSSR count). The van der Waals surface area contributed by atoms with Crippen molar-refractivity contribution in [3.05, 3.63) is 57.8 Å². The number of amides is 1. The van der Waals surface area contributed by atoms with Gasteiger partial charge in [0.2, 0.25) is 0 Å². The summed E-state index contributed by atoms with van der Waals surface area (Å²) in [5.41, 5.74) is 0.550. The topological polar surface area (TPSA) is 86.4 Å². The van der Waals surface area contributed by atoms with Crippen LogP contribution in [-0.4, -0.2) is 53.0 Å². The molecule has 130 valence electrons. The number of ketones is 1. The van der Waals surface area contributed by atoms with Crippen molar-refractivity contribution >= 4 is 17.4 Å². The van der Waals surface area contributed by atoms with Crippen LogP contribution in [0.2, 0.25) is 0 Å². The molecular weight excluding hydrogens is 327 g/mol. The van der Waals surface area contributed by atoms with Gasteiger partial charge in [0.15, 0.2) is 5.78 Å². The maximum Gasteiger partial charge on any atom is 0.274 e. The monoisotopic (exact) mass is 344 g/mol.